The molecule has 1 aromatic rings. The van der Waals surface area contributed by atoms with E-state index in [9.17, 15) is 4.79 Å². The van der Waals surface area contributed by atoms with E-state index in [0.717, 1.165) is 5.56 Å². The molecule has 0 heterocycles. The number of nitrogens with zero attached hydrogens (tertiary/aromatic N) is 1. The number of carbonyl (C=O) groups excluding carboxylic acids is 1. The van der Waals surface area contributed by atoms with Crippen molar-refractivity contribution in [1.29, 1.82) is 0 Å². The Labute approximate surface area is 118 Å². The Morgan fingerprint density at radius 1 is 1.33 bits per heavy atom. The molecule has 1 amide bonds. The lowest BCUT2D eigenvalue weighted by Gasteiger charge is -2.23. The average molecular weight is 289 g/mol. The number of benzene rings is 1. The molecule has 5 heteroatoms. The van der Waals surface area contributed by atoms with Gasteiger partial charge < -0.3 is 10.6 Å². The van der Waals surface area contributed by atoms with Crippen LogP contribution in [0.2, 0.25) is 10.0 Å². The molecule has 0 bridgehead atoms. The molecule has 18 heavy (non-hydrogen) atoms. The quantitative estimate of drug-likeness (QED) is 0.926. The van der Waals surface area contributed by atoms with Gasteiger partial charge in [-0.2, -0.15) is 0 Å². The number of carbonyl (C=O) groups is 1. The summed E-state index contributed by atoms with van der Waals surface area (Å²) in [6, 6.07) is 4.85. The van der Waals surface area contributed by atoms with Crippen LogP contribution in [-0.2, 0) is 11.3 Å². The van der Waals surface area contributed by atoms with E-state index < -0.39 is 6.04 Å². The van der Waals surface area contributed by atoms with Crippen molar-refractivity contribution in [1.82, 2.24) is 4.90 Å². The Hall–Kier alpha value is -0.770. The van der Waals surface area contributed by atoms with Gasteiger partial charge in [0, 0.05) is 13.6 Å². The maximum atomic E-state index is 12.0. The molecule has 0 aliphatic heterocycles. The van der Waals surface area contributed by atoms with Gasteiger partial charge in [-0.05, 0) is 23.6 Å². The van der Waals surface area contributed by atoms with Crippen LogP contribution in [0.25, 0.3) is 0 Å². The molecule has 100 valence electrons. The second-order valence-electron chi connectivity index (χ2n) is 4.71. The summed E-state index contributed by atoms with van der Waals surface area (Å²) in [4.78, 5) is 13.6. The largest absolute Gasteiger partial charge is 0.340 e. The monoisotopic (exact) mass is 288 g/mol. The zero-order valence-electron chi connectivity index (χ0n) is 10.8. The molecular formula is C13H18Cl2N2O. The van der Waals surface area contributed by atoms with Crippen molar-refractivity contribution in [3.8, 4) is 0 Å². The zero-order valence-corrected chi connectivity index (χ0v) is 12.3. The minimum Gasteiger partial charge on any atom is -0.340 e. The first-order valence-electron chi connectivity index (χ1n) is 5.77. The Balaban J connectivity index is 2.72. The molecule has 0 radical (unpaired) electrons. The SMILES string of the molecule is CC(C)[C@@H](N)C(=O)N(C)Cc1ccc(Cl)c(Cl)c1. The first-order chi connectivity index (χ1) is 8.32. The molecule has 0 spiro atoms. The van der Waals surface area contributed by atoms with E-state index in [-0.39, 0.29) is 11.8 Å². The van der Waals surface area contributed by atoms with Gasteiger partial charge in [0.25, 0.3) is 0 Å². The van der Waals surface area contributed by atoms with Crippen LogP contribution in [0.3, 0.4) is 0 Å². The summed E-state index contributed by atoms with van der Waals surface area (Å²) in [6.45, 7) is 4.32. The fourth-order valence-corrected chi connectivity index (χ4v) is 1.85. The number of hydrogen-bond donors (Lipinski definition) is 1. The molecule has 2 N–H and O–H groups in total. The minimum absolute atomic E-state index is 0.0731. The maximum Gasteiger partial charge on any atom is 0.239 e. The molecule has 1 aromatic carbocycles. The maximum absolute atomic E-state index is 12.0. The molecule has 0 aromatic heterocycles. The molecule has 0 unspecified atom stereocenters. The van der Waals surface area contributed by atoms with E-state index >= 15 is 0 Å². The van der Waals surface area contributed by atoms with Gasteiger partial charge in [-0.15, -0.1) is 0 Å². The molecule has 3 nitrogen and oxygen atoms in total. The van der Waals surface area contributed by atoms with Gasteiger partial charge in [-0.3, -0.25) is 4.79 Å². The van der Waals surface area contributed by atoms with Gasteiger partial charge >= 0.3 is 0 Å². The molecule has 0 saturated heterocycles. The Morgan fingerprint density at radius 2 is 1.94 bits per heavy atom. The van der Waals surface area contributed by atoms with Gasteiger partial charge in [0.15, 0.2) is 0 Å². The number of rotatable bonds is 4. The standard InChI is InChI=1S/C13H18Cl2N2O/c1-8(2)12(16)13(18)17(3)7-9-4-5-10(14)11(15)6-9/h4-6,8,12H,7,16H2,1-3H3/t12-/m1/s1. The molecule has 0 fully saturated rings. The first-order valence-corrected chi connectivity index (χ1v) is 6.53. The molecular weight excluding hydrogens is 271 g/mol. The molecule has 0 aliphatic rings. The minimum atomic E-state index is -0.474. The van der Waals surface area contributed by atoms with Crippen LogP contribution in [0.5, 0.6) is 0 Å². The summed E-state index contributed by atoms with van der Waals surface area (Å²) in [6.07, 6.45) is 0. The van der Waals surface area contributed by atoms with Crippen LogP contribution < -0.4 is 5.73 Å². The fourth-order valence-electron chi connectivity index (χ4n) is 1.53. The number of halogens is 2. The molecule has 1 rings (SSSR count). The van der Waals surface area contributed by atoms with Crippen LogP contribution >= 0.6 is 23.2 Å². The van der Waals surface area contributed by atoms with E-state index in [0.29, 0.717) is 16.6 Å². The van der Waals surface area contributed by atoms with Crippen molar-refractivity contribution in [3.05, 3.63) is 33.8 Å². The zero-order chi connectivity index (χ0) is 13.9. The molecule has 1 atom stereocenters. The highest BCUT2D eigenvalue weighted by atomic mass is 35.5. The summed E-state index contributed by atoms with van der Waals surface area (Å²) >= 11 is 11.8. The molecule has 0 aliphatic carbocycles. The Bertz CT molecular complexity index is 435. The Kier molecular flexibility index (Phi) is 5.45. The van der Waals surface area contributed by atoms with Gasteiger partial charge in [-0.1, -0.05) is 43.1 Å². The lowest BCUT2D eigenvalue weighted by Crippen LogP contribution is -2.44. The van der Waals surface area contributed by atoms with Crippen LogP contribution in [0.15, 0.2) is 18.2 Å². The van der Waals surface area contributed by atoms with Crippen molar-refractivity contribution in [2.45, 2.75) is 26.4 Å². The summed E-state index contributed by atoms with van der Waals surface area (Å²) in [7, 11) is 1.73. The van der Waals surface area contributed by atoms with Crippen LogP contribution in [0, 0.1) is 5.92 Å². The normalized spacial score (nSPS) is 12.6. The van der Waals surface area contributed by atoms with Gasteiger partial charge in [-0.25, -0.2) is 0 Å². The lowest BCUT2D eigenvalue weighted by atomic mass is 10.0. The highest BCUT2D eigenvalue weighted by molar-refractivity contribution is 6.42. The number of nitrogens with two attached hydrogens (primary N) is 1. The molecule has 0 saturated carbocycles. The first kappa shape index (κ1) is 15.3. The van der Waals surface area contributed by atoms with Crippen LogP contribution in [-0.4, -0.2) is 23.9 Å². The second kappa shape index (κ2) is 6.41. The van der Waals surface area contributed by atoms with Crippen molar-refractivity contribution < 1.29 is 4.79 Å². The Morgan fingerprint density at radius 3 is 2.44 bits per heavy atom. The van der Waals surface area contributed by atoms with Crippen molar-refractivity contribution in [2.24, 2.45) is 11.7 Å². The van der Waals surface area contributed by atoms with E-state index in [4.69, 9.17) is 28.9 Å². The van der Waals surface area contributed by atoms with E-state index in [1.165, 1.54) is 0 Å². The number of amides is 1. The van der Waals surface area contributed by atoms with Gasteiger partial charge in [0.2, 0.25) is 5.91 Å². The van der Waals surface area contributed by atoms with Gasteiger partial charge in [0.1, 0.15) is 0 Å². The van der Waals surface area contributed by atoms with E-state index in [2.05, 4.69) is 0 Å². The van der Waals surface area contributed by atoms with E-state index in [1.807, 2.05) is 19.9 Å². The van der Waals surface area contributed by atoms with Crippen molar-refractivity contribution >= 4 is 29.1 Å². The summed E-state index contributed by atoms with van der Waals surface area (Å²) < 4.78 is 0. The highest BCUT2D eigenvalue weighted by Gasteiger charge is 2.21. The average Bonchev–Trinajstić information content (AvgIpc) is 2.31. The third kappa shape index (κ3) is 3.87. The lowest BCUT2D eigenvalue weighted by molar-refractivity contribution is -0.132. The third-order valence-corrected chi connectivity index (χ3v) is 3.52. The van der Waals surface area contributed by atoms with Crippen molar-refractivity contribution in [3.63, 3.8) is 0 Å². The second-order valence-corrected chi connectivity index (χ2v) is 5.53. The number of hydrogen-bond acceptors (Lipinski definition) is 2. The predicted molar refractivity (Wildman–Crippen MR) is 75.7 cm³/mol. The summed E-state index contributed by atoms with van der Waals surface area (Å²) in [5, 5.41) is 0.997. The van der Waals surface area contributed by atoms with Crippen LogP contribution in [0.4, 0.5) is 0 Å². The topological polar surface area (TPSA) is 46.3 Å². The fraction of sp³-hybridized carbons (Fsp3) is 0.462. The van der Waals surface area contributed by atoms with E-state index in [1.54, 1.807) is 24.1 Å². The highest BCUT2D eigenvalue weighted by Crippen LogP contribution is 2.23. The summed E-state index contributed by atoms with van der Waals surface area (Å²) in [5.41, 5.74) is 6.76. The predicted octanol–water partition coefficient (Wildman–Crippen LogP) is 2.94. The summed E-state index contributed by atoms with van der Waals surface area (Å²) in [5.74, 6) is 0.0461. The van der Waals surface area contributed by atoms with Gasteiger partial charge in [0.05, 0.1) is 16.1 Å². The van der Waals surface area contributed by atoms with Crippen molar-refractivity contribution in [2.75, 3.05) is 7.05 Å². The third-order valence-electron chi connectivity index (χ3n) is 2.78. The smallest absolute Gasteiger partial charge is 0.239 e. The van der Waals surface area contributed by atoms with Crippen LogP contribution in [0.1, 0.15) is 19.4 Å². The number of likely N-dealkylation sites (N-methyl/N-ethyl adjacent to an activating group) is 1.